The van der Waals surface area contributed by atoms with E-state index in [1.54, 1.807) is 0 Å². The molecular weight excluding hydrogens is 216 g/mol. The Morgan fingerprint density at radius 3 is 1.00 bits per heavy atom. The molecule has 0 aliphatic rings. The molecule has 0 nitrogen and oxygen atoms in total. The zero-order chi connectivity index (χ0) is 13.4. The summed E-state index contributed by atoms with van der Waals surface area (Å²) in [4.78, 5) is 0. The molecular formula is C18H20. The van der Waals surface area contributed by atoms with Crippen LogP contribution in [-0.4, -0.2) is 0 Å². The van der Waals surface area contributed by atoms with Gasteiger partial charge in [0.15, 0.2) is 0 Å². The third-order valence-electron chi connectivity index (χ3n) is 2.61. The SMILES string of the molecule is C=C.CC.c1ccc2cc3ccccc3cc2c1. The van der Waals surface area contributed by atoms with Crippen molar-refractivity contribution >= 4 is 21.5 Å². The predicted molar refractivity (Wildman–Crippen MR) is 84.1 cm³/mol. The standard InChI is InChI=1S/C14H10.C2H6.C2H4/c1-2-6-12-10-14-8-4-3-7-13(14)9-11(12)5-1;2*1-2/h1-10H;1-2H3;1-2H2. The highest BCUT2D eigenvalue weighted by Crippen LogP contribution is 2.21. The van der Waals surface area contributed by atoms with Gasteiger partial charge in [-0.2, -0.15) is 0 Å². The molecule has 0 bridgehead atoms. The smallest absolute Gasteiger partial charge is 0.0178 e. The molecule has 92 valence electrons. The van der Waals surface area contributed by atoms with Crippen LogP contribution in [0.15, 0.2) is 73.8 Å². The van der Waals surface area contributed by atoms with Crippen molar-refractivity contribution in [2.45, 2.75) is 13.8 Å². The Kier molecular flexibility index (Phi) is 5.66. The topological polar surface area (TPSA) is 0 Å². The molecule has 0 saturated carbocycles. The summed E-state index contributed by atoms with van der Waals surface area (Å²) in [7, 11) is 0. The van der Waals surface area contributed by atoms with Gasteiger partial charge in [-0.25, -0.2) is 0 Å². The van der Waals surface area contributed by atoms with Gasteiger partial charge in [-0.05, 0) is 33.7 Å². The van der Waals surface area contributed by atoms with E-state index in [-0.39, 0.29) is 0 Å². The van der Waals surface area contributed by atoms with Crippen LogP contribution >= 0.6 is 0 Å². The second kappa shape index (κ2) is 7.29. The van der Waals surface area contributed by atoms with Gasteiger partial charge in [-0.15, -0.1) is 13.2 Å². The van der Waals surface area contributed by atoms with Crippen molar-refractivity contribution in [1.82, 2.24) is 0 Å². The van der Waals surface area contributed by atoms with Gasteiger partial charge in [0.25, 0.3) is 0 Å². The van der Waals surface area contributed by atoms with Gasteiger partial charge >= 0.3 is 0 Å². The Hall–Kier alpha value is -2.08. The number of rotatable bonds is 0. The zero-order valence-corrected chi connectivity index (χ0v) is 11.2. The molecule has 3 aromatic rings. The Bertz CT molecular complexity index is 503. The van der Waals surface area contributed by atoms with E-state index in [9.17, 15) is 0 Å². The van der Waals surface area contributed by atoms with E-state index in [1.807, 2.05) is 13.8 Å². The first-order valence-corrected chi connectivity index (χ1v) is 6.31. The minimum absolute atomic E-state index is 1.31. The Balaban J connectivity index is 0.000000371. The van der Waals surface area contributed by atoms with Gasteiger partial charge in [-0.1, -0.05) is 62.4 Å². The second-order valence-corrected chi connectivity index (χ2v) is 3.55. The molecule has 0 N–H and O–H groups in total. The summed E-state index contributed by atoms with van der Waals surface area (Å²) in [5.74, 6) is 0. The lowest BCUT2D eigenvalue weighted by molar-refractivity contribution is 1.50. The first-order chi connectivity index (χ1) is 8.93. The van der Waals surface area contributed by atoms with Crippen LogP contribution < -0.4 is 0 Å². The molecule has 0 aromatic heterocycles. The van der Waals surface area contributed by atoms with Crippen molar-refractivity contribution in [2.24, 2.45) is 0 Å². The largest absolute Gasteiger partial charge is 0.106 e. The van der Waals surface area contributed by atoms with Crippen molar-refractivity contribution in [3.63, 3.8) is 0 Å². The summed E-state index contributed by atoms with van der Waals surface area (Å²) >= 11 is 0. The van der Waals surface area contributed by atoms with Crippen LogP contribution in [0.4, 0.5) is 0 Å². The van der Waals surface area contributed by atoms with Crippen molar-refractivity contribution in [3.8, 4) is 0 Å². The molecule has 3 aromatic carbocycles. The van der Waals surface area contributed by atoms with Gasteiger partial charge in [0.1, 0.15) is 0 Å². The molecule has 0 heteroatoms. The molecule has 0 aliphatic carbocycles. The number of fused-ring (bicyclic) bond motifs is 2. The molecule has 18 heavy (non-hydrogen) atoms. The third-order valence-corrected chi connectivity index (χ3v) is 2.61. The van der Waals surface area contributed by atoms with Gasteiger partial charge in [0.05, 0.1) is 0 Å². The van der Waals surface area contributed by atoms with Crippen LogP contribution in [0.5, 0.6) is 0 Å². The highest BCUT2D eigenvalue weighted by Gasteiger charge is 1.95. The van der Waals surface area contributed by atoms with Crippen molar-refractivity contribution in [2.75, 3.05) is 0 Å². The third kappa shape index (κ3) is 2.98. The predicted octanol–water partition coefficient (Wildman–Crippen LogP) is 5.82. The van der Waals surface area contributed by atoms with Gasteiger partial charge in [-0.3, -0.25) is 0 Å². The van der Waals surface area contributed by atoms with Crippen LogP contribution in [0.25, 0.3) is 21.5 Å². The molecule has 0 unspecified atom stereocenters. The average molecular weight is 236 g/mol. The van der Waals surface area contributed by atoms with E-state index in [4.69, 9.17) is 0 Å². The lowest BCUT2D eigenvalue weighted by atomic mass is 10.0. The summed E-state index contributed by atoms with van der Waals surface area (Å²) in [5.41, 5.74) is 0. The van der Waals surface area contributed by atoms with Crippen molar-refractivity contribution in [1.29, 1.82) is 0 Å². The number of hydrogen-bond donors (Lipinski definition) is 0. The monoisotopic (exact) mass is 236 g/mol. The maximum atomic E-state index is 3.00. The number of hydrogen-bond acceptors (Lipinski definition) is 0. The molecule has 3 rings (SSSR count). The average Bonchev–Trinajstić information content (AvgIpc) is 2.49. The van der Waals surface area contributed by atoms with Gasteiger partial charge < -0.3 is 0 Å². The number of benzene rings is 3. The Morgan fingerprint density at radius 1 is 0.556 bits per heavy atom. The van der Waals surface area contributed by atoms with Crippen LogP contribution in [0.3, 0.4) is 0 Å². The molecule has 0 spiro atoms. The molecule has 0 fully saturated rings. The van der Waals surface area contributed by atoms with Crippen molar-refractivity contribution in [3.05, 3.63) is 73.8 Å². The Morgan fingerprint density at radius 2 is 0.778 bits per heavy atom. The molecule has 0 aliphatic heterocycles. The zero-order valence-electron chi connectivity index (χ0n) is 11.2. The molecule has 0 radical (unpaired) electrons. The van der Waals surface area contributed by atoms with Gasteiger partial charge in [0, 0.05) is 0 Å². The maximum absolute atomic E-state index is 3.00. The molecule has 0 heterocycles. The van der Waals surface area contributed by atoms with E-state index in [0.29, 0.717) is 0 Å². The van der Waals surface area contributed by atoms with Gasteiger partial charge in [0.2, 0.25) is 0 Å². The minimum atomic E-state index is 1.31. The van der Waals surface area contributed by atoms with Crippen LogP contribution in [-0.2, 0) is 0 Å². The first kappa shape index (κ1) is 14.0. The first-order valence-electron chi connectivity index (χ1n) is 6.31. The van der Waals surface area contributed by atoms with E-state index in [0.717, 1.165) is 0 Å². The summed E-state index contributed by atoms with van der Waals surface area (Å²) in [6.45, 7) is 10.0. The Labute approximate surface area is 110 Å². The van der Waals surface area contributed by atoms with Crippen LogP contribution in [0.1, 0.15) is 13.8 Å². The maximum Gasteiger partial charge on any atom is -0.0178 e. The summed E-state index contributed by atoms with van der Waals surface area (Å²) in [5, 5.41) is 5.25. The fourth-order valence-electron chi connectivity index (χ4n) is 1.88. The molecule has 0 amide bonds. The summed E-state index contributed by atoms with van der Waals surface area (Å²) < 4.78 is 0. The summed E-state index contributed by atoms with van der Waals surface area (Å²) in [6, 6.07) is 21.4. The highest BCUT2D eigenvalue weighted by atomic mass is 14.0. The quantitative estimate of drug-likeness (QED) is 0.341. The lowest BCUT2D eigenvalue weighted by Crippen LogP contribution is -1.74. The second-order valence-electron chi connectivity index (χ2n) is 3.55. The van der Waals surface area contributed by atoms with Crippen LogP contribution in [0.2, 0.25) is 0 Å². The molecule has 0 atom stereocenters. The highest BCUT2D eigenvalue weighted by molar-refractivity contribution is 5.98. The fraction of sp³-hybridized carbons (Fsp3) is 0.111. The summed E-state index contributed by atoms with van der Waals surface area (Å²) in [6.07, 6.45) is 0. The fourth-order valence-corrected chi connectivity index (χ4v) is 1.88. The normalized spacial score (nSPS) is 9.00. The minimum Gasteiger partial charge on any atom is -0.106 e. The van der Waals surface area contributed by atoms with E-state index in [2.05, 4.69) is 73.8 Å². The lowest BCUT2D eigenvalue weighted by Gasteiger charge is -2.00. The van der Waals surface area contributed by atoms with E-state index in [1.165, 1.54) is 21.5 Å². The van der Waals surface area contributed by atoms with E-state index < -0.39 is 0 Å². The van der Waals surface area contributed by atoms with Crippen LogP contribution in [0, 0.1) is 0 Å². The van der Waals surface area contributed by atoms with E-state index >= 15 is 0 Å². The molecule has 0 saturated heterocycles. The van der Waals surface area contributed by atoms with Crippen molar-refractivity contribution < 1.29 is 0 Å².